The molecule has 33 heavy (non-hydrogen) atoms. The summed E-state index contributed by atoms with van der Waals surface area (Å²) in [7, 11) is 0. The topological polar surface area (TPSA) is 97.8 Å². The molecule has 0 aliphatic carbocycles. The summed E-state index contributed by atoms with van der Waals surface area (Å²) in [5, 5.41) is 14.9. The summed E-state index contributed by atoms with van der Waals surface area (Å²) in [6.07, 6.45) is 3.64. The molecule has 0 bridgehead atoms. The first kappa shape index (κ1) is 20.0. The lowest BCUT2D eigenvalue weighted by Crippen LogP contribution is -2.12. The van der Waals surface area contributed by atoms with Gasteiger partial charge in [0.05, 0.1) is 17.2 Å². The van der Waals surface area contributed by atoms with Gasteiger partial charge >= 0.3 is 0 Å². The number of benzene rings is 3. The molecular weight excluding hydrogens is 412 g/mol. The van der Waals surface area contributed by atoms with Crippen LogP contribution < -0.4 is 10.6 Å². The standard InChI is InChI=1S/C27H18N4O2/c28-16-17-5-1-7-19(13-17)26(32)30-21-8-2-6-18(14-21)22-10-3-11-24-25(22)23(27(33)31-24)15-20-9-4-12-29-20/h1-15,29H,(H,30,32)(H,31,33)/b23-15-. The van der Waals surface area contributed by atoms with Gasteiger partial charge in [0.2, 0.25) is 0 Å². The molecule has 5 rings (SSSR count). The molecule has 3 aromatic carbocycles. The molecule has 1 aromatic heterocycles. The summed E-state index contributed by atoms with van der Waals surface area (Å²) in [5.74, 6) is -0.458. The maximum atomic E-state index is 12.7. The molecule has 2 heterocycles. The Morgan fingerprint density at radius 2 is 1.82 bits per heavy atom. The highest BCUT2D eigenvalue weighted by molar-refractivity contribution is 6.36. The van der Waals surface area contributed by atoms with Crippen molar-refractivity contribution in [1.29, 1.82) is 5.26 Å². The van der Waals surface area contributed by atoms with E-state index in [1.807, 2.05) is 66.9 Å². The third kappa shape index (κ3) is 3.91. The zero-order chi connectivity index (χ0) is 22.8. The van der Waals surface area contributed by atoms with E-state index in [9.17, 15) is 9.59 Å². The van der Waals surface area contributed by atoms with E-state index in [2.05, 4.69) is 15.6 Å². The number of nitrogens with one attached hydrogen (secondary N) is 3. The summed E-state index contributed by atoms with van der Waals surface area (Å²) < 4.78 is 0. The van der Waals surface area contributed by atoms with E-state index in [4.69, 9.17) is 5.26 Å². The lowest BCUT2D eigenvalue weighted by molar-refractivity contribution is -0.110. The van der Waals surface area contributed by atoms with E-state index in [0.717, 1.165) is 28.1 Å². The van der Waals surface area contributed by atoms with Gasteiger partial charge in [-0.1, -0.05) is 30.3 Å². The number of rotatable bonds is 4. The molecule has 0 spiro atoms. The Morgan fingerprint density at radius 1 is 0.970 bits per heavy atom. The molecule has 0 radical (unpaired) electrons. The minimum Gasteiger partial charge on any atom is -0.362 e. The van der Waals surface area contributed by atoms with Gasteiger partial charge in [-0.05, 0) is 65.7 Å². The van der Waals surface area contributed by atoms with Crippen molar-refractivity contribution in [1.82, 2.24) is 4.98 Å². The van der Waals surface area contributed by atoms with Crippen molar-refractivity contribution < 1.29 is 9.59 Å². The van der Waals surface area contributed by atoms with Gasteiger partial charge < -0.3 is 15.6 Å². The fraction of sp³-hybridized carbons (Fsp3) is 0. The average molecular weight is 430 g/mol. The summed E-state index contributed by atoms with van der Waals surface area (Å²) >= 11 is 0. The number of hydrogen-bond donors (Lipinski definition) is 3. The smallest absolute Gasteiger partial charge is 0.256 e. The Labute approximate surface area is 190 Å². The highest BCUT2D eigenvalue weighted by Crippen LogP contribution is 2.40. The molecule has 158 valence electrons. The normalized spacial score (nSPS) is 13.3. The zero-order valence-electron chi connectivity index (χ0n) is 17.4. The molecule has 2 amide bonds. The SMILES string of the molecule is N#Cc1cccc(C(=O)Nc2cccc(-c3cccc4c3/C(=C/c3ccc[nH]3)C(=O)N4)c2)c1. The minimum atomic E-state index is -0.299. The second-order valence-corrected chi connectivity index (χ2v) is 7.59. The average Bonchev–Trinajstić information content (AvgIpc) is 3.47. The van der Waals surface area contributed by atoms with E-state index >= 15 is 0 Å². The third-order valence-electron chi connectivity index (χ3n) is 5.43. The molecule has 6 nitrogen and oxygen atoms in total. The van der Waals surface area contributed by atoms with Crippen LogP contribution in [-0.4, -0.2) is 16.8 Å². The first-order chi connectivity index (χ1) is 16.1. The van der Waals surface area contributed by atoms with Crippen LogP contribution in [0.25, 0.3) is 22.8 Å². The van der Waals surface area contributed by atoms with Crippen molar-refractivity contribution in [3.8, 4) is 17.2 Å². The Kier molecular flexibility index (Phi) is 5.06. The van der Waals surface area contributed by atoms with Crippen LogP contribution in [0, 0.1) is 11.3 Å². The van der Waals surface area contributed by atoms with Crippen molar-refractivity contribution in [2.45, 2.75) is 0 Å². The molecule has 0 unspecified atom stereocenters. The van der Waals surface area contributed by atoms with E-state index < -0.39 is 0 Å². The van der Waals surface area contributed by atoms with Gasteiger partial charge in [0.15, 0.2) is 0 Å². The van der Waals surface area contributed by atoms with Crippen molar-refractivity contribution >= 4 is 34.8 Å². The molecule has 0 saturated carbocycles. The number of carbonyl (C=O) groups excluding carboxylic acids is 2. The molecule has 1 aliphatic heterocycles. The summed E-state index contributed by atoms with van der Waals surface area (Å²) in [6, 6.07) is 25.6. The second kappa shape index (κ2) is 8.33. The van der Waals surface area contributed by atoms with Gasteiger partial charge in [0.25, 0.3) is 11.8 Å². The Morgan fingerprint density at radius 3 is 2.64 bits per heavy atom. The van der Waals surface area contributed by atoms with Crippen LogP contribution >= 0.6 is 0 Å². The van der Waals surface area contributed by atoms with Gasteiger partial charge in [0, 0.05) is 34.4 Å². The number of aromatic nitrogens is 1. The number of hydrogen-bond acceptors (Lipinski definition) is 3. The van der Waals surface area contributed by atoms with Crippen molar-refractivity contribution in [3.63, 3.8) is 0 Å². The van der Waals surface area contributed by atoms with E-state index in [1.165, 1.54) is 0 Å². The largest absolute Gasteiger partial charge is 0.362 e. The fourth-order valence-electron chi connectivity index (χ4n) is 3.92. The number of aromatic amines is 1. The number of carbonyl (C=O) groups is 2. The summed E-state index contributed by atoms with van der Waals surface area (Å²) in [4.78, 5) is 28.5. The molecule has 0 fully saturated rings. The molecule has 1 aliphatic rings. The van der Waals surface area contributed by atoms with E-state index in [-0.39, 0.29) is 11.8 Å². The van der Waals surface area contributed by atoms with Gasteiger partial charge in [-0.2, -0.15) is 5.26 Å². The second-order valence-electron chi connectivity index (χ2n) is 7.59. The van der Waals surface area contributed by atoms with Crippen LogP contribution in [0.4, 0.5) is 11.4 Å². The molecule has 0 atom stereocenters. The highest BCUT2D eigenvalue weighted by atomic mass is 16.2. The third-order valence-corrected chi connectivity index (χ3v) is 5.43. The van der Waals surface area contributed by atoms with Crippen LogP contribution in [0.2, 0.25) is 0 Å². The zero-order valence-corrected chi connectivity index (χ0v) is 17.4. The van der Waals surface area contributed by atoms with Gasteiger partial charge in [-0.3, -0.25) is 9.59 Å². The van der Waals surface area contributed by atoms with Crippen molar-refractivity contribution in [3.05, 3.63) is 107 Å². The monoisotopic (exact) mass is 430 g/mol. The molecule has 3 N–H and O–H groups in total. The lowest BCUT2D eigenvalue weighted by Gasteiger charge is -2.11. The maximum Gasteiger partial charge on any atom is 0.256 e. The minimum absolute atomic E-state index is 0.158. The maximum absolute atomic E-state index is 12.7. The van der Waals surface area contributed by atoms with E-state index in [1.54, 1.807) is 30.3 Å². The van der Waals surface area contributed by atoms with Gasteiger partial charge in [0.1, 0.15) is 0 Å². The highest BCUT2D eigenvalue weighted by Gasteiger charge is 2.27. The Hall–Kier alpha value is -4.89. The summed E-state index contributed by atoms with van der Waals surface area (Å²) in [5.41, 5.74) is 6.18. The molecule has 4 aromatic rings. The van der Waals surface area contributed by atoms with Crippen LogP contribution in [0.1, 0.15) is 27.2 Å². The number of H-pyrrole nitrogens is 1. The Bertz CT molecular complexity index is 1460. The predicted octanol–water partition coefficient (Wildman–Crippen LogP) is 5.30. The van der Waals surface area contributed by atoms with E-state index in [0.29, 0.717) is 22.4 Å². The first-order valence-electron chi connectivity index (χ1n) is 10.3. The quantitative estimate of drug-likeness (QED) is 0.383. The van der Waals surface area contributed by atoms with Crippen LogP contribution in [0.3, 0.4) is 0 Å². The number of nitrogens with zero attached hydrogens (tertiary/aromatic N) is 1. The number of anilines is 2. The van der Waals surface area contributed by atoms with Crippen LogP contribution in [0.5, 0.6) is 0 Å². The summed E-state index contributed by atoms with van der Waals surface area (Å²) in [6.45, 7) is 0. The van der Waals surface area contributed by atoms with Crippen molar-refractivity contribution in [2.75, 3.05) is 10.6 Å². The molecule has 6 heteroatoms. The fourth-order valence-corrected chi connectivity index (χ4v) is 3.92. The van der Waals surface area contributed by atoms with Crippen LogP contribution in [0.15, 0.2) is 85.1 Å². The van der Waals surface area contributed by atoms with Crippen LogP contribution in [-0.2, 0) is 4.79 Å². The Balaban J connectivity index is 1.50. The molecule has 0 saturated heterocycles. The predicted molar refractivity (Wildman–Crippen MR) is 128 cm³/mol. The number of nitriles is 1. The number of fused-ring (bicyclic) bond motifs is 1. The molecular formula is C27H18N4O2. The first-order valence-corrected chi connectivity index (χ1v) is 10.3. The van der Waals surface area contributed by atoms with Gasteiger partial charge in [-0.15, -0.1) is 0 Å². The lowest BCUT2D eigenvalue weighted by atomic mass is 9.94. The number of amides is 2. The van der Waals surface area contributed by atoms with Crippen molar-refractivity contribution in [2.24, 2.45) is 0 Å². The van der Waals surface area contributed by atoms with Gasteiger partial charge in [-0.25, -0.2) is 0 Å².